The summed E-state index contributed by atoms with van der Waals surface area (Å²) < 4.78 is 26.9. The van der Waals surface area contributed by atoms with Crippen LogP contribution in [-0.4, -0.2) is 11.0 Å². The van der Waals surface area contributed by atoms with Crippen LogP contribution in [0.3, 0.4) is 0 Å². The SMILES string of the molecule is CCCc1nc(-c2ccc(F)cc2F)sc1CNC(C)C. The number of rotatable bonds is 6. The van der Waals surface area contributed by atoms with Gasteiger partial charge in [0.1, 0.15) is 16.6 Å². The molecule has 0 aliphatic rings. The normalized spacial score (nSPS) is 11.3. The molecule has 0 radical (unpaired) electrons. The average Bonchev–Trinajstić information content (AvgIpc) is 2.80. The number of halogens is 2. The highest BCUT2D eigenvalue weighted by Gasteiger charge is 2.15. The molecule has 1 aromatic heterocycles. The van der Waals surface area contributed by atoms with E-state index in [1.54, 1.807) is 0 Å². The Kier molecular flexibility index (Phi) is 5.42. The number of thiazole rings is 1. The molecule has 0 saturated carbocycles. The van der Waals surface area contributed by atoms with Crippen molar-refractivity contribution in [3.8, 4) is 10.6 Å². The van der Waals surface area contributed by atoms with Gasteiger partial charge < -0.3 is 5.32 Å². The smallest absolute Gasteiger partial charge is 0.136 e. The second-order valence-corrected chi connectivity index (χ2v) is 6.38. The van der Waals surface area contributed by atoms with Gasteiger partial charge >= 0.3 is 0 Å². The number of nitrogens with zero attached hydrogens (tertiary/aromatic N) is 1. The quantitative estimate of drug-likeness (QED) is 0.847. The fraction of sp³-hybridized carbons (Fsp3) is 0.438. The Morgan fingerprint density at radius 2 is 2.05 bits per heavy atom. The van der Waals surface area contributed by atoms with E-state index in [0.29, 0.717) is 16.6 Å². The van der Waals surface area contributed by atoms with Crippen molar-refractivity contribution < 1.29 is 8.78 Å². The van der Waals surface area contributed by atoms with Crippen LogP contribution in [0, 0.1) is 11.6 Å². The third kappa shape index (κ3) is 4.08. The monoisotopic (exact) mass is 310 g/mol. The summed E-state index contributed by atoms with van der Waals surface area (Å²) in [6, 6.07) is 4.01. The van der Waals surface area contributed by atoms with Gasteiger partial charge in [0.2, 0.25) is 0 Å². The highest BCUT2D eigenvalue weighted by molar-refractivity contribution is 7.15. The molecule has 0 saturated heterocycles. The molecule has 5 heteroatoms. The molecule has 0 unspecified atom stereocenters. The van der Waals surface area contributed by atoms with Crippen LogP contribution in [0.4, 0.5) is 8.78 Å². The third-order valence-electron chi connectivity index (χ3n) is 3.10. The summed E-state index contributed by atoms with van der Waals surface area (Å²) in [5.74, 6) is -1.13. The molecule has 21 heavy (non-hydrogen) atoms. The van der Waals surface area contributed by atoms with Crippen molar-refractivity contribution in [2.75, 3.05) is 0 Å². The molecule has 2 aromatic rings. The molecule has 0 atom stereocenters. The van der Waals surface area contributed by atoms with Crippen molar-refractivity contribution in [3.05, 3.63) is 40.4 Å². The summed E-state index contributed by atoms with van der Waals surface area (Å²) >= 11 is 1.48. The van der Waals surface area contributed by atoms with Crippen LogP contribution in [0.2, 0.25) is 0 Å². The van der Waals surface area contributed by atoms with Crippen molar-refractivity contribution in [2.45, 2.75) is 46.2 Å². The van der Waals surface area contributed by atoms with E-state index in [1.165, 1.54) is 23.5 Å². The number of aromatic nitrogens is 1. The van der Waals surface area contributed by atoms with Gasteiger partial charge in [-0.05, 0) is 18.6 Å². The molecule has 0 spiro atoms. The lowest BCUT2D eigenvalue weighted by Gasteiger charge is -2.07. The maximum Gasteiger partial charge on any atom is 0.136 e. The zero-order valence-electron chi connectivity index (χ0n) is 12.5. The average molecular weight is 310 g/mol. The first kappa shape index (κ1) is 16.0. The Labute approximate surface area is 128 Å². The van der Waals surface area contributed by atoms with E-state index in [2.05, 4.69) is 31.1 Å². The minimum atomic E-state index is -0.566. The van der Waals surface area contributed by atoms with Gasteiger partial charge in [-0.1, -0.05) is 27.2 Å². The van der Waals surface area contributed by atoms with Gasteiger partial charge in [-0.15, -0.1) is 11.3 Å². The molecule has 0 fully saturated rings. The lowest BCUT2D eigenvalue weighted by Crippen LogP contribution is -2.21. The maximum absolute atomic E-state index is 13.9. The molecule has 0 amide bonds. The van der Waals surface area contributed by atoms with E-state index in [-0.39, 0.29) is 0 Å². The summed E-state index contributed by atoms with van der Waals surface area (Å²) in [5.41, 5.74) is 1.38. The number of hydrogen-bond acceptors (Lipinski definition) is 3. The highest BCUT2D eigenvalue weighted by atomic mass is 32.1. The lowest BCUT2D eigenvalue weighted by molar-refractivity contribution is 0.585. The first-order valence-corrected chi connectivity index (χ1v) is 8.00. The summed E-state index contributed by atoms with van der Waals surface area (Å²) in [5, 5.41) is 3.99. The molecule has 0 bridgehead atoms. The van der Waals surface area contributed by atoms with Gasteiger partial charge in [0.15, 0.2) is 0 Å². The number of hydrogen-bond donors (Lipinski definition) is 1. The summed E-state index contributed by atoms with van der Waals surface area (Å²) in [7, 11) is 0. The molecule has 1 N–H and O–H groups in total. The van der Waals surface area contributed by atoms with Crippen molar-refractivity contribution in [1.29, 1.82) is 0 Å². The maximum atomic E-state index is 13.9. The summed E-state index contributed by atoms with van der Waals surface area (Å²) in [6.45, 7) is 6.99. The molecule has 2 rings (SSSR count). The van der Waals surface area contributed by atoms with Gasteiger partial charge in [0.25, 0.3) is 0 Å². The van der Waals surface area contributed by atoms with Crippen molar-refractivity contribution in [2.24, 2.45) is 0 Å². The van der Waals surface area contributed by atoms with Crippen molar-refractivity contribution in [3.63, 3.8) is 0 Å². The Morgan fingerprint density at radius 1 is 1.29 bits per heavy atom. The number of benzene rings is 1. The largest absolute Gasteiger partial charge is 0.310 e. The molecule has 0 aliphatic carbocycles. The van der Waals surface area contributed by atoms with Crippen LogP contribution in [0.15, 0.2) is 18.2 Å². The number of aryl methyl sites for hydroxylation is 1. The van der Waals surface area contributed by atoms with Gasteiger partial charge in [0, 0.05) is 29.1 Å². The summed E-state index contributed by atoms with van der Waals surface area (Å²) in [6.07, 6.45) is 1.86. The highest BCUT2D eigenvalue weighted by Crippen LogP contribution is 2.31. The fourth-order valence-corrected chi connectivity index (χ4v) is 3.11. The second-order valence-electron chi connectivity index (χ2n) is 5.30. The van der Waals surface area contributed by atoms with Crippen LogP contribution in [-0.2, 0) is 13.0 Å². The Morgan fingerprint density at radius 3 is 2.67 bits per heavy atom. The van der Waals surface area contributed by atoms with E-state index in [9.17, 15) is 8.78 Å². The van der Waals surface area contributed by atoms with Gasteiger partial charge in [-0.2, -0.15) is 0 Å². The van der Waals surface area contributed by atoms with Crippen LogP contribution in [0.1, 0.15) is 37.8 Å². The van der Waals surface area contributed by atoms with Crippen molar-refractivity contribution >= 4 is 11.3 Å². The Hall–Kier alpha value is -1.33. The molecule has 1 aromatic carbocycles. The Balaban J connectivity index is 2.33. The molecular formula is C16H20F2N2S. The lowest BCUT2D eigenvalue weighted by atomic mass is 10.2. The Bertz CT molecular complexity index is 608. The topological polar surface area (TPSA) is 24.9 Å². The fourth-order valence-electron chi connectivity index (χ4n) is 2.03. The van der Waals surface area contributed by atoms with Gasteiger partial charge in [-0.3, -0.25) is 0 Å². The molecular weight excluding hydrogens is 290 g/mol. The first-order valence-electron chi connectivity index (χ1n) is 7.18. The third-order valence-corrected chi connectivity index (χ3v) is 4.23. The van der Waals surface area contributed by atoms with Crippen LogP contribution in [0.5, 0.6) is 0 Å². The van der Waals surface area contributed by atoms with Crippen molar-refractivity contribution in [1.82, 2.24) is 10.3 Å². The molecule has 0 aliphatic heterocycles. The van der Waals surface area contributed by atoms with Crippen LogP contribution >= 0.6 is 11.3 Å². The van der Waals surface area contributed by atoms with Crippen LogP contribution < -0.4 is 5.32 Å². The second kappa shape index (κ2) is 7.09. The standard InChI is InChI=1S/C16H20F2N2S/c1-4-5-14-15(9-19-10(2)3)21-16(20-14)12-7-6-11(17)8-13(12)18/h6-8,10,19H,4-5,9H2,1-3H3. The van der Waals surface area contributed by atoms with Gasteiger partial charge in [0.05, 0.1) is 5.69 Å². The first-order chi connectivity index (χ1) is 10.0. The molecule has 114 valence electrons. The van der Waals surface area contributed by atoms with Crippen LogP contribution in [0.25, 0.3) is 10.6 Å². The zero-order chi connectivity index (χ0) is 15.4. The number of nitrogens with one attached hydrogen (secondary N) is 1. The van der Waals surface area contributed by atoms with E-state index in [1.807, 2.05) is 0 Å². The van der Waals surface area contributed by atoms with E-state index in [4.69, 9.17) is 0 Å². The van der Waals surface area contributed by atoms with E-state index in [0.717, 1.165) is 36.0 Å². The minimum absolute atomic E-state index is 0.370. The minimum Gasteiger partial charge on any atom is -0.310 e. The zero-order valence-corrected chi connectivity index (χ0v) is 13.4. The summed E-state index contributed by atoms with van der Waals surface area (Å²) in [4.78, 5) is 5.68. The van der Waals surface area contributed by atoms with Gasteiger partial charge in [-0.25, -0.2) is 13.8 Å². The predicted molar refractivity (Wildman–Crippen MR) is 83.4 cm³/mol. The molecule has 2 nitrogen and oxygen atoms in total. The van der Waals surface area contributed by atoms with E-state index < -0.39 is 11.6 Å². The predicted octanol–water partition coefficient (Wildman–Crippen LogP) is 4.54. The van der Waals surface area contributed by atoms with E-state index >= 15 is 0 Å². The molecule has 1 heterocycles.